The molecule has 4 rings (SSSR count). The number of halogens is 1. The first-order valence-electron chi connectivity index (χ1n) is 9.18. The molecule has 3 aromatic rings. The maximum absolute atomic E-state index is 12.2. The van der Waals surface area contributed by atoms with Crippen molar-refractivity contribution in [2.24, 2.45) is 5.10 Å². The summed E-state index contributed by atoms with van der Waals surface area (Å²) >= 11 is 3.42. The molecule has 0 aliphatic carbocycles. The highest BCUT2D eigenvalue weighted by molar-refractivity contribution is 9.10. The summed E-state index contributed by atoms with van der Waals surface area (Å²) in [6.45, 7) is 1.94. The number of hydrazone groups is 1. The van der Waals surface area contributed by atoms with Gasteiger partial charge in [0.1, 0.15) is 12.4 Å². The minimum absolute atomic E-state index is 0.197. The molecule has 0 radical (unpaired) electrons. The Kier molecular flexibility index (Phi) is 5.62. The minimum atomic E-state index is -0.633. The Morgan fingerprint density at radius 2 is 1.83 bits per heavy atom. The lowest BCUT2D eigenvalue weighted by atomic mass is 10.1. The van der Waals surface area contributed by atoms with Crippen molar-refractivity contribution in [1.82, 2.24) is 5.01 Å². The lowest BCUT2D eigenvalue weighted by molar-refractivity contribution is -0.135. The number of benzene rings is 3. The van der Waals surface area contributed by atoms with Crippen LogP contribution in [0.1, 0.15) is 29.8 Å². The minimum Gasteiger partial charge on any atom is -0.489 e. The van der Waals surface area contributed by atoms with E-state index in [1.54, 1.807) is 0 Å². The van der Waals surface area contributed by atoms with Gasteiger partial charge in [0.05, 0.1) is 0 Å². The number of rotatable bonds is 5. The van der Waals surface area contributed by atoms with Crippen LogP contribution in [0.4, 0.5) is 0 Å². The van der Waals surface area contributed by atoms with E-state index < -0.39 is 6.23 Å². The maximum Gasteiger partial charge on any atom is 0.243 e. The lowest BCUT2D eigenvalue weighted by Gasteiger charge is -2.20. The number of ether oxygens (including phenoxy) is 2. The summed E-state index contributed by atoms with van der Waals surface area (Å²) in [4.78, 5) is 12.2. The van der Waals surface area contributed by atoms with Crippen molar-refractivity contribution >= 4 is 27.7 Å². The zero-order chi connectivity index (χ0) is 20.2. The van der Waals surface area contributed by atoms with Gasteiger partial charge in [-0.2, -0.15) is 5.01 Å². The van der Waals surface area contributed by atoms with Gasteiger partial charge >= 0.3 is 0 Å². The number of hydrogen-bond acceptors (Lipinski definition) is 4. The quantitative estimate of drug-likeness (QED) is 0.531. The summed E-state index contributed by atoms with van der Waals surface area (Å²) < 4.78 is 12.9. The first kappa shape index (κ1) is 19.2. The molecule has 1 heterocycles. The van der Waals surface area contributed by atoms with Crippen LogP contribution < -0.4 is 4.74 Å². The van der Waals surface area contributed by atoms with Crippen molar-refractivity contribution in [2.75, 3.05) is 0 Å². The van der Waals surface area contributed by atoms with Gasteiger partial charge in [-0.3, -0.25) is 4.79 Å². The van der Waals surface area contributed by atoms with E-state index in [1.807, 2.05) is 78.9 Å². The summed E-state index contributed by atoms with van der Waals surface area (Å²) in [5, 5.41) is 5.75. The van der Waals surface area contributed by atoms with Crippen LogP contribution in [0.15, 0.2) is 88.4 Å². The second kappa shape index (κ2) is 8.49. The molecular formula is C23H19BrN2O3. The average Bonchev–Trinajstić information content (AvgIpc) is 3.20. The number of hydrogen-bond donors (Lipinski definition) is 0. The van der Waals surface area contributed by atoms with E-state index in [1.165, 1.54) is 11.9 Å². The zero-order valence-electron chi connectivity index (χ0n) is 15.8. The highest BCUT2D eigenvalue weighted by Crippen LogP contribution is 2.32. The normalized spacial score (nSPS) is 15.6. The van der Waals surface area contributed by atoms with Crippen LogP contribution in [0.5, 0.6) is 5.75 Å². The smallest absolute Gasteiger partial charge is 0.243 e. The van der Waals surface area contributed by atoms with Crippen molar-refractivity contribution < 1.29 is 14.3 Å². The fraction of sp³-hybridized carbons (Fsp3) is 0.130. The summed E-state index contributed by atoms with van der Waals surface area (Å²) in [5.74, 6) is 0.918. The van der Waals surface area contributed by atoms with Crippen molar-refractivity contribution in [3.8, 4) is 5.75 Å². The van der Waals surface area contributed by atoms with Crippen LogP contribution in [0.3, 0.4) is 0 Å². The predicted molar refractivity (Wildman–Crippen MR) is 114 cm³/mol. The molecule has 6 heteroatoms. The van der Waals surface area contributed by atoms with Crippen LogP contribution in [0.2, 0.25) is 0 Å². The van der Waals surface area contributed by atoms with Gasteiger partial charge in [-0.05, 0) is 42.0 Å². The second-order valence-electron chi connectivity index (χ2n) is 6.59. The fourth-order valence-corrected chi connectivity index (χ4v) is 3.26. The summed E-state index contributed by atoms with van der Waals surface area (Å²) in [7, 11) is 0. The molecule has 0 fully saturated rings. The van der Waals surface area contributed by atoms with Crippen LogP contribution in [-0.2, 0) is 16.1 Å². The molecule has 3 aromatic carbocycles. The van der Waals surface area contributed by atoms with Gasteiger partial charge in [0.2, 0.25) is 18.0 Å². The third-order valence-corrected chi connectivity index (χ3v) is 4.98. The summed E-state index contributed by atoms with van der Waals surface area (Å²) in [6.07, 6.45) is -0.633. The van der Waals surface area contributed by atoms with E-state index in [0.717, 1.165) is 21.2 Å². The predicted octanol–water partition coefficient (Wildman–Crippen LogP) is 5.27. The molecular weight excluding hydrogens is 432 g/mol. The second-order valence-corrected chi connectivity index (χ2v) is 7.51. The Bertz CT molecular complexity index is 1040. The Labute approximate surface area is 177 Å². The standard InChI is InChI=1S/C23H19BrN2O3/c1-16(27)26-23(29-22(25-26)18-10-12-20(24)13-11-18)19-8-5-9-21(14-19)28-15-17-6-3-2-4-7-17/h2-14,23H,15H2,1H3. The molecule has 0 bridgehead atoms. The third kappa shape index (κ3) is 4.49. The van der Waals surface area contributed by atoms with Gasteiger partial charge in [-0.15, -0.1) is 5.10 Å². The van der Waals surface area contributed by atoms with E-state index in [2.05, 4.69) is 21.0 Å². The van der Waals surface area contributed by atoms with Crippen molar-refractivity contribution in [3.05, 3.63) is 100 Å². The Morgan fingerprint density at radius 1 is 1.07 bits per heavy atom. The van der Waals surface area contributed by atoms with Crippen LogP contribution in [0.25, 0.3) is 0 Å². The van der Waals surface area contributed by atoms with Crippen LogP contribution in [-0.4, -0.2) is 16.8 Å². The molecule has 0 spiro atoms. The molecule has 1 aliphatic heterocycles. The molecule has 5 nitrogen and oxygen atoms in total. The first-order valence-corrected chi connectivity index (χ1v) is 9.97. The van der Waals surface area contributed by atoms with Crippen LogP contribution >= 0.6 is 15.9 Å². The average molecular weight is 451 g/mol. The highest BCUT2D eigenvalue weighted by Gasteiger charge is 2.33. The van der Waals surface area contributed by atoms with Gasteiger partial charge in [-0.1, -0.05) is 58.4 Å². The van der Waals surface area contributed by atoms with Crippen molar-refractivity contribution in [1.29, 1.82) is 0 Å². The molecule has 146 valence electrons. The molecule has 1 atom stereocenters. The molecule has 0 saturated carbocycles. The Balaban J connectivity index is 1.54. The van der Waals surface area contributed by atoms with Gasteiger partial charge in [0.15, 0.2) is 0 Å². The number of nitrogens with zero attached hydrogens (tertiary/aromatic N) is 2. The van der Waals surface area contributed by atoms with Gasteiger partial charge in [-0.25, -0.2) is 0 Å². The summed E-state index contributed by atoms with van der Waals surface area (Å²) in [6, 6.07) is 25.1. The molecule has 1 unspecified atom stereocenters. The number of amides is 1. The lowest BCUT2D eigenvalue weighted by Crippen LogP contribution is -2.25. The van der Waals surface area contributed by atoms with Crippen LogP contribution in [0, 0.1) is 0 Å². The molecule has 0 aromatic heterocycles. The van der Waals surface area contributed by atoms with E-state index in [9.17, 15) is 4.79 Å². The molecule has 0 saturated heterocycles. The molecule has 1 aliphatic rings. The van der Waals surface area contributed by atoms with Crippen molar-refractivity contribution in [3.63, 3.8) is 0 Å². The first-order chi connectivity index (χ1) is 14.1. The third-order valence-electron chi connectivity index (χ3n) is 4.45. The SMILES string of the molecule is CC(=O)N1N=C(c2ccc(Br)cc2)OC1c1cccc(OCc2ccccc2)c1. The highest BCUT2D eigenvalue weighted by atomic mass is 79.9. The fourth-order valence-electron chi connectivity index (χ4n) is 2.99. The largest absolute Gasteiger partial charge is 0.489 e. The number of carbonyl (C=O) groups excluding carboxylic acids is 1. The van der Waals surface area contributed by atoms with Crippen molar-refractivity contribution in [2.45, 2.75) is 19.8 Å². The van der Waals surface area contributed by atoms with Gasteiger partial charge < -0.3 is 9.47 Å². The van der Waals surface area contributed by atoms with Gasteiger partial charge in [0, 0.05) is 22.5 Å². The van der Waals surface area contributed by atoms with E-state index in [0.29, 0.717) is 18.3 Å². The Hall–Kier alpha value is -3.12. The molecule has 0 N–H and O–H groups in total. The van der Waals surface area contributed by atoms with Gasteiger partial charge in [0.25, 0.3) is 0 Å². The molecule has 29 heavy (non-hydrogen) atoms. The maximum atomic E-state index is 12.2. The topological polar surface area (TPSA) is 51.1 Å². The number of carbonyl (C=O) groups is 1. The van der Waals surface area contributed by atoms with E-state index in [-0.39, 0.29) is 5.91 Å². The zero-order valence-corrected chi connectivity index (χ0v) is 17.4. The van der Waals surface area contributed by atoms with E-state index in [4.69, 9.17) is 9.47 Å². The summed E-state index contributed by atoms with van der Waals surface area (Å²) in [5.41, 5.74) is 2.68. The monoisotopic (exact) mass is 450 g/mol. The molecule has 1 amide bonds. The Morgan fingerprint density at radius 3 is 2.55 bits per heavy atom. The van der Waals surface area contributed by atoms with E-state index >= 15 is 0 Å².